The fraction of sp³-hybridized carbons (Fsp3) is 0.565. The van der Waals surface area contributed by atoms with Crippen LogP contribution in [0.3, 0.4) is 0 Å². The number of fused-ring (bicyclic) bond motifs is 1. The lowest BCUT2D eigenvalue weighted by molar-refractivity contribution is 0.0372. The number of nitrogens with zero attached hydrogens (tertiary/aromatic N) is 4. The van der Waals surface area contributed by atoms with Gasteiger partial charge in [0.15, 0.2) is 5.96 Å². The lowest BCUT2D eigenvalue weighted by Crippen LogP contribution is -2.56. The van der Waals surface area contributed by atoms with E-state index in [-0.39, 0.29) is 24.0 Å². The average Bonchev–Trinajstić information content (AvgIpc) is 3.23. The molecule has 0 amide bonds. The molecular weight excluding hydrogens is 505 g/mol. The van der Waals surface area contributed by atoms with Crippen molar-refractivity contribution in [3.63, 3.8) is 0 Å². The number of thiazole rings is 1. The number of hydrogen-bond donors (Lipinski definition) is 1. The van der Waals surface area contributed by atoms with Gasteiger partial charge in [0, 0.05) is 43.8 Å². The number of aryl methyl sites for hydroxylation is 1. The molecule has 2 atom stereocenters. The maximum absolute atomic E-state index is 4.57. The van der Waals surface area contributed by atoms with Crippen LogP contribution in [0.25, 0.3) is 0 Å². The second-order valence-corrected chi connectivity index (χ2v) is 9.33. The van der Waals surface area contributed by atoms with Crippen LogP contribution < -0.4 is 5.32 Å². The zero-order valence-corrected chi connectivity index (χ0v) is 21.2. The fourth-order valence-corrected chi connectivity index (χ4v) is 5.60. The molecule has 2 aromatic rings. The van der Waals surface area contributed by atoms with Gasteiger partial charge in [-0.1, -0.05) is 37.3 Å². The molecule has 7 heteroatoms. The zero-order valence-electron chi connectivity index (χ0n) is 18.1. The molecule has 4 rings (SSSR count). The van der Waals surface area contributed by atoms with Crippen molar-refractivity contribution in [2.75, 3.05) is 26.7 Å². The molecule has 164 valence electrons. The van der Waals surface area contributed by atoms with E-state index >= 15 is 0 Å². The molecule has 30 heavy (non-hydrogen) atoms. The van der Waals surface area contributed by atoms with Gasteiger partial charge in [0.05, 0.1) is 6.54 Å². The highest BCUT2D eigenvalue weighted by Crippen LogP contribution is 2.31. The Labute approximate surface area is 202 Å². The third kappa shape index (κ3) is 5.73. The van der Waals surface area contributed by atoms with Crippen LogP contribution in [0.15, 0.2) is 41.5 Å². The van der Waals surface area contributed by atoms with Crippen molar-refractivity contribution in [2.45, 2.75) is 51.7 Å². The Morgan fingerprint density at radius 3 is 2.80 bits per heavy atom. The van der Waals surface area contributed by atoms with Crippen molar-refractivity contribution in [1.29, 1.82) is 0 Å². The molecule has 2 unspecified atom stereocenters. The Bertz CT molecular complexity index is 809. The smallest absolute Gasteiger partial charge is 0.194 e. The predicted molar refractivity (Wildman–Crippen MR) is 137 cm³/mol. The molecule has 2 saturated heterocycles. The fourth-order valence-electron chi connectivity index (χ4n) is 4.79. The first kappa shape index (κ1) is 23.5. The maximum Gasteiger partial charge on any atom is 0.194 e. The van der Waals surface area contributed by atoms with Crippen molar-refractivity contribution in [3.05, 3.63) is 52.0 Å². The highest BCUT2D eigenvalue weighted by Gasteiger charge is 2.36. The minimum atomic E-state index is 0. The Morgan fingerprint density at radius 1 is 1.23 bits per heavy atom. The minimum Gasteiger partial charge on any atom is -0.350 e. The Kier molecular flexibility index (Phi) is 8.95. The number of aromatic nitrogens is 1. The molecule has 2 aliphatic heterocycles. The number of nitrogens with one attached hydrogen (secondary N) is 1. The quantitative estimate of drug-likeness (QED) is 0.348. The number of halogens is 1. The van der Waals surface area contributed by atoms with Crippen molar-refractivity contribution in [3.8, 4) is 0 Å². The summed E-state index contributed by atoms with van der Waals surface area (Å²) in [4.78, 5) is 15.6. The second-order valence-electron chi connectivity index (χ2n) is 8.14. The third-order valence-electron chi connectivity index (χ3n) is 6.27. The van der Waals surface area contributed by atoms with Crippen LogP contribution in [-0.4, -0.2) is 53.5 Å². The molecule has 2 fully saturated rings. The summed E-state index contributed by atoms with van der Waals surface area (Å²) in [5.41, 5.74) is 1.43. The van der Waals surface area contributed by atoms with Crippen LogP contribution in [0.1, 0.15) is 41.6 Å². The van der Waals surface area contributed by atoms with Gasteiger partial charge in [0.1, 0.15) is 5.01 Å². The molecule has 3 heterocycles. The second kappa shape index (κ2) is 11.4. The SMILES string of the molecule is CCc1cnc(CNC(=NC)N2CCC3C(CCCN3Cc3ccccc3)C2)s1.I. The maximum atomic E-state index is 4.57. The van der Waals surface area contributed by atoms with Gasteiger partial charge in [0.2, 0.25) is 0 Å². The Balaban J connectivity index is 0.00000256. The van der Waals surface area contributed by atoms with Gasteiger partial charge >= 0.3 is 0 Å². The summed E-state index contributed by atoms with van der Waals surface area (Å²) < 4.78 is 0. The molecule has 5 nitrogen and oxygen atoms in total. The van der Waals surface area contributed by atoms with Crippen molar-refractivity contribution >= 4 is 41.3 Å². The highest BCUT2D eigenvalue weighted by atomic mass is 127. The van der Waals surface area contributed by atoms with Gasteiger partial charge in [0.25, 0.3) is 0 Å². The molecule has 1 aromatic heterocycles. The average molecular weight is 540 g/mol. The number of benzene rings is 1. The first-order valence-electron chi connectivity index (χ1n) is 10.9. The van der Waals surface area contributed by atoms with E-state index in [0.29, 0.717) is 6.04 Å². The van der Waals surface area contributed by atoms with Crippen LogP contribution in [0.5, 0.6) is 0 Å². The molecule has 0 spiro atoms. The molecule has 2 aliphatic rings. The highest BCUT2D eigenvalue weighted by molar-refractivity contribution is 14.0. The summed E-state index contributed by atoms with van der Waals surface area (Å²) in [6, 6.07) is 11.6. The van der Waals surface area contributed by atoms with Crippen LogP contribution in [0, 0.1) is 5.92 Å². The monoisotopic (exact) mass is 539 g/mol. The molecule has 0 radical (unpaired) electrons. The standard InChI is InChI=1S/C23H33N5S.HI/c1-3-20-14-25-22(29-20)15-26-23(24-2)28-13-11-21-19(17-28)10-7-12-27(21)16-18-8-5-4-6-9-18;/h4-6,8-9,14,19,21H,3,7,10-13,15-17H2,1-2H3,(H,24,26);1H. The van der Waals surface area contributed by atoms with Gasteiger partial charge in [-0.05, 0) is 43.7 Å². The normalized spacial score (nSPS) is 22.3. The summed E-state index contributed by atoms with van der Waals surface area (Å²) in [6.07, 6.45) is 6.90. The van der Waals surface area contributed by atoms with E-state index in [0.717, 1.165) is 49.5 Å². The molecule has 1 aromatic carbocycles. The molecule has 0 aliphatic carbocycles. The number of likely N-dealkylation sites (tertiary alicyclic amines) is 2. The Hall–Kier alpha value is -1.19. The summed E-state index contributed by atoms with van der Waals surface area (Å²) in [7, 11) is 1.90. The van der Waals surface area contributed by atoms with Crippen LogP contribution in [-0.2, 0) is 19.5 Å². The van der Waals surface area contributed by atoms with E-state index in [1.807, 2.05) is 13.2 Å². The van der Waals surface area contributed by atoms with Crippen LogP contribution >= 0.6 is 35.3 Å². The summed E-state index contributed by atoms with van der Waals surface area (Å²) >= 11 is 1.80. The van der Waals surface area contributed by atoms with Gasteiger partial charge in [-0.15, -0.1) is 35.3 Å². The van der Waals surface area contributed by atoms with Crippen LogP contribution in [0.4, 0.5) is 0 Å². The van der Waals surface area contributed by atoms with Crippen molar-refractivity contribution < 1.29 is 0 Å². The molecule has 0 bridgehead atoms. The Morgan fingerprint density at radius 2 is 2.07 bits per heavy atom. The summed E-state index contributed by atoms with van der Waals surface area (Å²) in [5.74, 6) is 1.75. The third-order valence-corrected chi connectivity index (χ3v) is 7.41. The van der Waals surface area contributed by atoms with E-state index in [1.165, 1.54) is 36.2 Å². The number of aliphatic imine (C=N–C) groups is 1. The van der Waals surface area contributed by atoms with Gasteiger partial charge < -0.3 is 10.2 Å². The first-order valence-corrected chi connectivity index (χ1v) is 11.8. The van der Waals surface area contributed by atoms with Crippen LogP contribution in [0.2, 0.25) is 0 Å². The topological polar surface area (TPSA) is 43.8 Å². The molecular formula is C23H34IN5S. The largest absolute Gasteiger partial charge is 0.350 e. The number of hydrogen-bond acceptors (Lipinski definition) is 4. The zero-order chi connectivity index (χ0) is 20.1. The minimum absolute atomic E-state index is 0. The van der Waals surface area contributed by atoms with Crippen molar-refractivity contribution in [2.24, 2.45) is 10.9 Å². The number of guanidine groups is 1. The lowest BCUT2D eigenvalue weighted by Gasteiger charge is -2.48. The first-order chi connectivity index (χ1) is 14.3. The predicted octanol–water partition coefficient (Wildman–Crippen LogP) is 4.39. The van der Waals surface area contributed by atoms with E-state index in [4.69, 9.17) is 0 Å². The van der Waals surface area contributed by atoms with Gasteiger partial charge in [-0.3, -0.25) is 9.89 Å². The van der Waals surface area contributed by atoms with E-state index in [2.05, 4.69) is 62.3 Å². The van der Waals surface area contributed by atoms with E-state index in [9.17, 15) is 0 Å². The van der Waals surface area contributed by atoms with E-state index < -0.39 is 0 Å². The van der Waals surface area contributed by atoms with E-state index in [1.54, 1.807) is 11.3 Å². The molecule has 1 N–H and O–H groups in total. The summed E-state index contributed by atoms with van der Waals surface area (Å²) in [5, 5.41) is 4.69. The number of rotatable bonds is 5. The van der Waals surface area contributed by atoms with Crippen molar-refractivity contribution in [1.82, 2.24) is 20.1 Å². The summed E-state index contributed by atoms with van der Waals surface area (Å²) in [6.45, 7) is 7.44. The number of piperidine rings is 2. The van der Waals surface area contributed by atoms with Gasteiger partial charge in [-0.2, -0.15) is 0 Å². The lowest BCUT2D eigenvalue weighted by atomic mass is 9.83. The van der Waals surface area contributed by atoms with Gasteiger partial charge in [-0.25, -0.2) is 4.98 Å². The molecule has 0 saturated carbocycles.